The Bertz CT molecular complexity index is 351. The van der Waals surface area contributed by atoms with Crippen molar-refractivity contribution in [3.8, 4) is 0 Å². The molecule has 2 N–H and O–H groups in total. The fourth-order valence-corrected chi connectivity index (χ4v) is 1.29. The fourth-order valence-electron chi connectivity index (χ4n) is 1.29. The highest BCUT2D eigenvalue weighted by Crippen LogP contribution is 2.00. The summed E-state index contributed by atoms with van der Waals surface area (Å²) in [5.41, 5.74) is 1.02. The van der Waals surface area contributed by atoms with Gasteiger partial charge in [0.15, 0.2) is 0 Å². The quantitative estimate of drug-likeness (QED) is 0.749. The van der Waals surface area contributed by atoms with E-state index in [2.05, 4.69) is 10.3 Å². The molecule has 1 unspecified atom stereocenters. The maximum Gasteiger partial charge on any atom is 0.337 e. The summed E-state index contributed by atoms with van der Waals surface area (Å²) in [5.74, 6) is -0.957. The molecule has 0 saturated heterocycles. The standard InChI is InChI=1S/C12H18N2O3/c1-3-17-8-9(2)13-7-11-5-4-10(6-14-11)12(15)16/h4-6,9,13H,3,7-8H2,1-2H3,(H,15,16). The Hall–Kier alpha value is -1.46. The van der Waals surface area contributed by atoms with E-state index in [1.54, 1.807) is 12.1 Å². The molecule has 94 valence electrons. The number of rotatable bonds is 7. The van der Waals surface area contributed by atoms with Gasteiger partial charge in [0.2, 0.25) is 0 Å². The normalized spacial score (nSPS) is 12.4. The number of hydrogen-bond donors (Lipinski definition) is 2. The predicted octanol–water partition coefficient (Wildman–Crippen LogP) is 1.29. The molecule has 1 atom stereocenters. The smallest absolute Gasteiger partial charge is 0.337 e. The number of hydrogen-bond acceptors (Lipinski definition) is 4. The topological polar surface area (TPSA) is 71.5 Å². The molecule has 0 aliphatic carbocycles. The molecule has 0 saturated carbocycles. The van der Waals surface area contributed by atoms with E-state index in [0.29, 0.717) is 19.8 Å². The van der Waals surface area contributed by atoms with E-state index in [4.69, 9.17) is 9.84 Å². The number of aromatic carboxylic acids is 1. The predicted molar refractivity (Wildman–Crippen MR) is 64.0 cm³/mol. The molecule has 0 aliphatic heterocycles. The van der Waals surface area contributed by atoms with Gasteiger partial charge in [-0.25, -0.2) is 4.79 Å². The maximum atomic E-state index is 10.6. The molecule has 0 spiro atoms. The van der Waals surface area contributed by atoms with Crippen LogP contribution in [0.15, 0.2) is 18.3 Å². The molecule has 1 rings (SSSR count). The largest absolute Gasteiger partial charge is 0.478 e. The number of carboxylic acid groups (broad SMARTS) is 1. The Morgan fingerprint density at radius 1 is 1.59 bits per heavy atom. The number of ether oxygens (including phenoxy) is 1. The van der Waals surface area contributed by atoms with Gasteiger partial charge in [-0.2, -0.15) is 0 Å². The number of carboxylic acids is 1. The van der Waals surface area contributed by atoms with Crippen LogP contribution in [-0.4, -0.2) is 35.3 Å². The van der Waals surface area contributed by atoms with E-state index >= 15 is 0 Å². The number of nitrogens with one attached hydrogen (secondary N) is 1. The van der Waals surface area contributed by atoms with Crippen LogP contribution in [0.4, 0.5) is 0 Å². The van der Waals surface area contributed by atoms with Crippen LogP contribution < -0.4 is 5.32 Å². The van der Waals surface area contributed by atoms with Gasteiger partial charge in [0.05, 0.1) is 17.9 Å². The summed E-state index contributed by atoms with van der Waals surface area (Å²) in [6.07, 6.45) is 1.37. The van der Waals surface area contributed by atoms with Gasteiger partial charge >= 0.3 is 5.97 Å². The Kier molecular flexibility index (Phi) is 5.59. The lowest BCUT2D eigenvalue weighted by atomic mass is 10.2. The van der Waals surface area contributed by atoms with Crippen LogP contribution in [0.1, 0.15) is 29.9 Å². The molecule has 5 nitrogen and oxygen atoms in total. The summed E-state index contributed by atoms with van der Waals surface area (Å²) >= 11 is 0. The molecular formula is C12H18N2O3. The summed E-state index contributed by atoms with van der Waals surface area (Å²) < 4.78 is 5.27. The molecule has 0 aromatic carbocycles. The Morgan fingerprint density at radius 2 is 2.35 bits per heavy atom. The van der Waals surface area contributed by atoms with Crippen molar-refractivity contribution in [2.45, 2.75) is 26.4 Å². The first-order valence-corrected chi connectivity index (χ1v) is 5.62. The van der Waals surface area contributed by atoms with Crippen LogP contribution in [0, 0.1) is 0 Å². The fraction of sp³-hybridized carbons (Fsp3) is 0.500. The molecule has 5 heteroatoms. The second-order valence-electron chi connectivity index (χ2n) is 3.78. The highest BCUT2D eigenvalue weighted by Gasteiger charge is 2.04. The van der Waals surface area contributed by atoms with Crippen molar-refractivity contribution in [3.05, 3.63) is 29.6 Å². The Labute approximate surface area is 101 Å². The molecule has 0 aliphatic rings. The average Bonchev–Trinajstić information content (AvgIpc) is 2.34. The van der Waals surface area contributed by atoms with Gasteiger partial charge in [0.25, 0.3) is 0 Å². The number of carbonyl (C=O) groups is 1. The Morgan fingerprint density at radius 3 is 2.88 bits per heavy atom. The van der Waals surface area contributed by atoms with Gasteiger partial charge in [0, 0.05) is 25.4 Å². The summed E-state index contributed by atoms with van der Waals surface area (Å²) in [7, 11) is 0. The van der Waals surface area contributed by atoms with Crippen molar-refractivity contribution in [1.82, 2.24) is 10.3 Å². The van der Waals surface area contributed by atoms with Crippen molar-refractivity contribution >= 4 is 5.97 Å². The van der Waals surface area contributed by atoms with Crippen molar-refractivity contribution < 1.29 is 14.6 Å². The van der Waals surface area contributed by atoms with E-state index in [1.165, 1.54) is 6.20 Å². The van der Waals surface area contributed by atoms with Crippen LogP contribution in [0.2, 0.25) is 0 Å². The molecular weight excluding hydrogens is 220 g/mol. The lowest BCUT2D eigenvalue weighted by molar-refractivity contribution is 0.0696. The van der Waals surface area contributed by atoms with Gasteiger partial charge in [-0.3, -0.25) is 4.98 Å². The van der Waals surface area contributed by atoms with Crippen LogP contribution in [-0.2, 0) is 11.3 Å². The molecule has 0 fully saturated rings. The molecule has 1 aromatic heterocycles. The average molecular weight is 238 g/mol. The third-order valence-corrected chi connectivity index (χ3v) is 2.28. The third-order valence-electron chi connectivity index (χ3n) is 2.28. The van der Waals surface area contributed by atoms with E-state index in [-0.39, 0.29) is 11.6 Å². The zero-order valence-electron chi connectivity index (χ0n) is 10.1. The SMILES string of the molecule is CCOCC(C)NCc1ccc(C(=O)O)cn1. The lowest BCUT2D eigenvalue weighted by Gasteiger charge is -2.13. The van der Waals surface area contributed by atoms with Crippen molar-refractivity contribution in [1.29, 1.82) is 0 Å². The lowest BCUT2D eigenvalue weighted by Crippen LogP contribution is -2.30. The van der Waals surface area contributed by atoms with Crippen LogP contribution >= 0.6 is 0 Å². The minimum Gasteiger partial charge on any atom is -0.478 e. The summed E-state index contributed by atoms with van der Waals surface area (Å²) in [4.78, 5) is 14.7. The summed E-state index contributed by atoms with van der Waals surface area (Å²) in [6.45, 7) is 5.95. The van der Waals surface area contributed by atoms with Gasteiger partial charge in [0.1, 0.15) is 0 Å². The molecule has 17 heavy (non-hydrogen) atoms. The van der Waals surface area contributed by atoms with Gasteiger partial charge < -0.3 is 15.2 Å². The minimum atomic E-state index is -0.957. The van der Waals surface area contributed by atoms with Gasteiger partial charge in [-0.05, 0) is 26.0 Å². The first-order valence-electron chi connectivity index (χ1n) is 5.62. The van der Waals surface area contributed by atoms with E-state index in [1.807, 2.05) is 13.8 Å². The Balaban J connectivity index is 2.39. The van der Waals surface area contributed by atoms with Crippen LogP contribution in [0.3, 0.4) is 0 Å². The van der Waals surface area contributed by atoms with Crippen molar-refractivity contribution in [3.63, 3.8) is 0 Å². The second kappa shape index (κ2) is 6.98. The zero-order chi connectivity index (χ0) is 12.7. The molecule has 0 amide bonds. The summed E-state index contributed by atoms with van der Waals surface area (Å²) in [6, 6.07) is 3.51. The summed E-state index contributed by atoms with van der Waals surface area (Å²) in [5, 5.41) is 12.0. The molecule has 1 heterocycles. The zero-order valence-corrected chi connectivity index (χ0v) is 10.1. The first-order chi connectivity index (χ1) is 8.13. The maximum absolute atomic E-state index is 10.6. The van der Waals surface area contributed by atoms with Gasteiger partial charge in [-0.1, -0.05) is 0 Å². The molecule has 0 radical (unpaired) electrons. The van der Waals surface area contributed by atoms with E-state index in [9.17, 15) is 4.79 Å². The van der Waals surface area contributed by atoms with Crippen molar-refractivity contribution in [2.75, 3.05) is 13.2 Å². The van der Waals surface area contributed by atoms with Gasteiger partial charge in [-0.15, -0.1) is 0 Å². The number of nitrogens with zero attached hydrogens (tertiary/aromatic N) is 1. The second-order valence-corrected chi connectivity index (χ2v) is 3.78. The van der Waals surface area contributed by atoms with Crippen molar-refractivity contribution in [2.24, 2.45) is 0 Å². The number of aromatic nitrogens is 1. The minimum absolute atomic E-state index is 0.205. The first kappa shape index (κ1) is 13.6. The highest BCUT2D eigenvalue weighted by molar-refractivity contribution is 5.87. The number of pyridine rings is 1. The van der Waals surface area contributed by atoms with E-state index in [0.717, 1.165) is 5.69 Å². The third kappa shape index (κ3) is 4.93. The van der Waals surface area contributed by atoms with Crippen LogP contribution in [0.25, 0.3) is 0 Å². The molecule has 0 bridgehead atoms. The van der Waals surface area contributed by atoms with E-state index < -0.39 is 5.97 Å². The highest BCUT2D eigenvalue weighted by atomic mass is 16.5. The monoisotopic (exact) mass is 238 g/mol. The molecule has 1 aromatic rings. The van der Waals surface area contributed by atoms with Crippen LogP contribution in [0.5, 0.6) is 0 Å².